The van der Waals surface area contributed by atoms with Crippen molar-refractivity contribution in [3.63, 3.8) is 0 Å². The first kappa shape index (κ1) is 17.2. The third kappa shape index (κ3) is 5.57. The second-order valence-electron chi connectivity index (χ2n) is 4.92. The fourth-order valence-electron chi connectivity index (χ4n) is 2.27. The van der Waals surface area contributed by atoms with E-state index in [1.165, 1.54) is 11.3 Å². The highest BCUT2D eigenvalue weighted by atomic mass is 16.3. The molecule has 1 rings (SSSR count). The maximum atomic E-state index is 9.08. The molecular weight excluding hydrogens is 262 g/mol. The zero-order valence-electron chi connectivity index (χ0n) is 13.0. The lowest BCUT2D eigenvalue weighted by Crippen LogP contribution is -2.08. The molecule has 1 N–H and O–H groups in total. The number of allylic oxidation sites excluding steroid dienone is 4. The molecule has 0 aliphatic heterocycles. The predicted octanol–water partition coefficient (Wildman–Crippen LogP) is 3.18. The molecule has 0 aromatic carbocycles. The van der Waals surface area contributed by atoms with E-state index in [1.807, 2.05) is 29.1 Å². The Bertz CT molecular complexity index is 521. The first-order valence-corrected chi connectivity index (χ1v) is 7.68. The van der Waals surface area contributed by atoms with Crippen molar-refractivity contribution in [3.05, 3.63) is 41.3 Å². The van der Waals surface area contributed by atoms with Gasteiger partial charge in [-0.05, 0) is 37.3 Å². The molecule has 0 fully saturated rings. The van der Waals surface area contributed by atoms with Gasteiger partial charge >= 0.3 is 0 Å². The molecule has 21 heavy (non-hydrogen) atoms. The average Bonchev–Trinajstić information content (AvgIpc) is 2.88. The standard InChI is InChI=1S/C17H25N3O/c1-3-5-6-8-15(13-18)9-7-10-16-14-19-20(11-12-21)17(16)4-2/h6,8-9,14,21H,3-5,7,10-12H2,1-2H3/b8-6-,15-9+. The summed E-state index contributed by atoms with van der Waals surface area (Å²) in [6, 6.07) is 2.22. The van der Waals surface area contributed by atoms with Gasteiger partial charge in [0.2, 0.25) is 0 Å². The van der Waals surface area contributed by atoms with Gasteiger partial charge in [-0.25, -0.2) is 0 Å². The maximum Gasteiger partial charge on any atom is 0.0988 e. The summed E-state index contributed by atoms with van der Waals surface area (Å²) < 4.78 is 1.87. The molecule has 1 heterocycles. The topological polar surface area (TPSA) is 61.8 Å². The van der Waals surface area contributed by atoms with E-state index < -0.39 is 0 Å². The highest BCUT2D eigenvalue weighted by Crippen LogP contribution is 2.13. The van der Waals surface area contributed by atoms with Gasteiger partial charge in [-0.1, -0.05) is 32.4 Å². The number of aliphatic hydroxyl groups is 1. The fraction of sp³-hybridized carbons (Fsp3) is 0.529. The summed E-state index contributed by atoms with van der Waals surface area (Å²) in [5.74, 6) is 0. The summed E-state index contributed by atoms with van der Waals surface area (Å²) >= 11 is 0. The number of nitriles is 1. The smallest absolute Gasteiger partial charge is 0.0988 e. The number of hydrogen-bond donors (Lipinski definition) is 1. The Morgan fingerprint density at radius 3 is 2.86 bits per heavy atom. The summed E-state index contributed by atoms with van der Waals surface area (Å²) in [7, 11) is 0. The van der Waals surface area contributed by atoms with Crippen LogP contribution in [0.25, 0.3) is 0 Å². The summed E-state index contributed by atoms with van der Waals surface area (Å²) in [6.07, 6.45) is 12.5. The molecule has 4 heteroatoms. The Kier molecular flexibility index (Phi) is 8.15. The van der Waals surface area contributed by atoms with Crippen LogP contribution in [0.5, 0.6) is 0 Å². The van der Waals surface area contributed by atoms with E-state index in [0.29, 0.717) is 6.54 Å². The van der Waals surface area contributed by atoms with E-state index in [-0.39, 0.29) is 6.61 Å². The minimum atomic E-state index is 0.106. The summed E-state index contributed by atoms with van der Waals surface area (Å²) in [5, 5.41) is 22.4. The Morgan fingerprint density at radius 2 is 2.24 bits per heavy atom. The number of rotatable bonds is 9. The van der Waals surface area contributed by atoms with Gasteiger partial charge in [0.05, 0.1) is 25.4 Å². The molecule has 0 aliphatic rings. The molecule has 0 amide bonds. The fourth-order valence-corrected chi connectivity index (χ4v) is 2.27. The van der Waals surface area contributed by atoms with Crippen LogP contribution in [0.3, 0.4) is 0 Å². The lowest BCUT2D eigenvalue weighted by Gasteiger charge is -2.05. The van der Waals surface area contributed by atoms with Crippen LogP contribution in [0.1, 0.15) is 44.4 Å². The van der Waals surface area contributed by atoms with Crippen LogP contribution in [-0.4, -0.2) is 21.5 Å². The average molecular weight is 287 g/mol. The van der Waals surface area contributed by atoms with Gasteiger partial charge in [-0.3, -0.25) is 4.68 Å². The Morgan fingerprint density at radius 1 is 1.43 bits per heavy atom. The lowest BCUT2D eigenvalue weighted by molar-refractivity contribution is 0.267. The van der Waals surface area contributed by atoms with Gasteiger partial charge < -0.3 is 5.11 Å². The second kappa shape index (κ2) is 9.95. The number of hydrogen-bond acceptors (Lipinski definition) is 3. The molecule has 1 aromatic heterocycles. The van der Waals surface area contributed by atoms with E-state index in [2.05, 4.69) is 25.0 Å². The minimum Gasteiger partial charge on any atom is -0.394 e. The zero-order valence-corrected chi connectivity index (χ0v) is 13.0. The van der Waals surface area contributed by atoms with Crippen LogP contribution in [0.2, 0.25) is 0 Å². The third-order valence-electron chi connectivity index (χ3n) is 3.34. The lowest BCUT2D eigenvalue weighted by atomic mass is 10.1. The number of unbranched alkanes of at least 4 members (excludes halogenated alkanes) is 1. The molecule has 0 saturated heterocycles. The van der Waals surface area contributed by atoms with Gasteiger partial charge in [0.25, 0.3) is 0 Å². The third-order valence-corrected chi connectivity index (χ3v) is 3.34. The van der Waals surface area contributed by atoms with Crippen LogP contribution in [-0.2, 0) is 19.4 Å². The monoisotopic (exact) mass is 287 g/mol. The minimum absolute atomic E-state index is 0.106. The number of aryl methyl sites for hydroxylation is 1. The van der Waals surface area contributed by atoms with E-state index in [0.717, 1.165) is 37.7 Å². The van der Waals surface area contributed by atoms with E-state index in [1.54, 1.807) is 0 Å². The molecule has 0 atom stereocenters. The number of nitrogens with zero attached hydrogens (tertiary/aromatic N) is 3. The maximum absolute atomic E-state index is 9.08. The molecule has 4 nitrogen and oxygen atoms in total. The van der Waals surface area contributed by atoms with Gasteiger partial charge in [0, 0.05) is 11.3 Å². The molecule has 0 spiro atoms. The van der Waals surface area contributed by atoms with Crippen molar-refractivity contribution in [3.8, 4) is 6.07 Å². The van der Waals surface area contributed by atoms with Crippen molar-refractivity contribution in [1.29, 1.82) is 5.26 Å². The van der Waals surface area contributed by atoms with Crippen molar-refractivity contribution in [2.45, 2.75) is 52.5 Å². The van der Waals surface area contributed by atoms with E-state index >= 15 is 0 Å². The van der Waals surface area contributed by atoms with Gasteiger partial charge in [0.1, 0.15) is 0 Å². The van der Waals surface area contributed by atoms with Crippen LogP contribution < -0.4 is 0 Å². The van der Waals surface area contributed by atoms with Crippen LogP contribution in [0.4, 0.5) is 0 Å². The number of aliphatic hydroxyl groups excluding tert-OH is 1. The Labute approximate surface area is 127 Å². The molecule has 1 aromatic rings. The van der Waals surface area contributed by atoms with Gasteiger partial charge in [-0.2, -0.15) is 10.4 Å². The molecular formula is C17H25N3O. The molecule has 0 bridgehead atoms. The molecule has 0 unspecified atom stereocenters. The van der Waals surface area contributed by atoms with Crippen molar-refractivity contribution in [2.24, 2.45) is 0 Å². The zero-order chi connectivity index (χ0) is 15.5. The van der Waals surface area contributed by atoms with Crippen molar-refractivity contribution >= 4 is 0 Å². The van der Waals surface area contributed by atoms with Crippen LogP contribution in [0, 0.1) is 11.3 Å². The summed E-state index contributed by atoms with van der Waals surface area (Å²) in [5.41, 5.74) is 3.11. The molecule has 0 radical (unpaired) electrons. The normalized spacial score (nSPS) is 12.0. The van der Waals surface area contributed by atoms with Crippen LogP contribution >= 0.6 is 0 Å². The SMILES string of the molecule is CCC/C=C\C(C#N)=C/CCc1cnn(CCO)c1CC. The molecule has 0 saturated carbocycles. The van der Waals surface area contributed by atoms with Gasteiger partial charge in [0.15, 0.2) is 0 Å². The summed E-state index contributed by atoms with van der Waals surface area (Å²) in [6.45, 7) is 4.87. The largest absolute Gasteiger partial charge is 0.394 e. The summed E-state index contributed by atoms with van der Waals surface area (Å²) in [4.78, 5) is 0. The van der Waals surface area contributed by atoms with Crippen LogP contribution in [0.15, 0.2) is 30.0 Å². The Balaban J connectivity index is 2.64. The van der Waals surface area contributed by atoms with Crippen molar-refractivity contribution in [1.82, 2.24) is 9.78 Å². The van der Waals surface area contributed by atoms with Gasteiger partial charge in [-0.15, -0.1) is 0 Å². The van der Waals surface area contributed by atoms with Crippen molar-refractivity contribution < 1.29 is 5.11 Å². The van der Waals surface area contributed by atoms with Crippen molar-refractivity contribution in [2.75, 3.05) is 6.61 Å². The second-order valence-corrected chi connectivity index (χ2v) is 4.92. The molecule has 114 valence electrons. The first-order valence-electron chi connectivity index (χ1n) is 7.68. The quantitative estimate of drug-likeness (QED) is 0.560. The highest BCUT2D eigenvalue weighted by Gasteiger charge is 2.07. The van der Waals surface area contributed by atoms with E-state index in [9.17, 15) is 0 Å². The first-order chi connectivity index (χ1) is 10.3. The highest BCUT2D eigenvalue weighted by molar-refractivity contribution is 5.33. The Hall–Kier alpha value is -1.86. The van der Waals surface area contributed by atoms with E-state index in [4.69, 9.17) is 10.4 Å². The predicted molar refractivity (Wildman–Crippen MR) is 84.8 cm³/mol. The molecule has 0 aliphatic carbocycles. The number of aromatic nitrogens is 2.